The van der Waals surface area contributed by atoms with Crippen molar-refractivity contribution in [2.45, 2.75) is 31.7 Å². The van der Waals surface area contributed by atoms with Crippen molar-refractivity contribution in [3.05, 3.63) is 23.4 Å². The van der Waals surface area contributed by atoms with Gasteiger partial charge in [0.25, 0.3) is 0 Å². The first-order valence-corrected chi connectivity index (χ1v) is 6.08. The molecule has 3 N–H and O–H groups in total. The molecule has 0 fully saturated rings. The third-order valence-corrected chi connectivity index (χ3v) is 2.99. The van der Waals surface area contributed by atoms with Crippen LogP contribution in [0, 0.1) is 12.3 Å². The first kappa shape index (κ1) is 12.0. The van der Waals surface area contributed by atoms with Gasteiger partial charge in [0.05, 0.1) is 5.03 Å². The lowest BCUT2D eigenvalue weighted by atomic mass is 10.2. The van der Waals surface area contributed by atoms with E-state index in [-0.39, 0.29) is 5.84 Å². The van der Waals surface area contributed by atoms with Gasteiger partial charge in [-0.2, -0.15) is 0 Å². The highest BCUT2D eigenvalue weighted by atomic mass is 32.2. The third-order valence-electron chi connectivity index (χ3n) is 1.99. The Morgan fingerprint density at radius 3 is 2.87 bits per heavy atom. The van der Waals surface area contributed by atoms with E-state index in [0.29, 0.717) is 0 Å². The molecule has 0 aliphatic heterocycles. The fourth-order valence-electron chi connectivity index (χ4n) is 1.19. The molecule has 0 bridgehead atoms. The van der Waals surface area contributed by atoms with Gasteiger partial charge < -0.3 is 5.73 Å². The number of amidine groups is 1. The van der Waals surface area contributed by atoms with Gasteiger partial charge in [0.1, 0.15) is 5.84 Å². The smallest absolute Gasteiger partial charge is 0.122 e. The summed E-state index contributed by atoms with van der Waals surface area (Å²) >= 11 is 1.73. The first-order chi connectivity index (χ1) is 7.13. The fraction of sp³-hybridized carbons (Fsp3) is 0.455. The van der Waals surface area contributed by atoms with E-state index < -0.39 is 0 Å². The van der Waals surface area contributed by atoms with Crippen LogP contribution in [0.15, 0.2) is 17.2 Å². The maximum Gasteiger partial charge on any atom is 0.122 e. The van der Waals surface area contributed by atoms with Crippen molar-refractivity contribution in [2.75, 3.05) is 5.75 Å². The molecule has 0 radical (unpaired) electrons. The van der Waals surface area contributed by atoms with Gasteiger partial charge in [-0.15, -0.1) is 11.8 Å². The van der Waals surface area contributed by atoms with Crippen LogP contribution in [0.4, 0.5) is 0 Å². The predicted octanol–water partition coefficient (Wildman–Crippen LogP) is 2.57. The highest BCUT2D eigenvalue weighted by Crippen LogP contribution is 2.19. The number of unbranched alkanes of at least 4 members (excludes halogenated alkanes) is 1. The van der Waals surface area contributed by atoms with E-state index in [2.05, 4.69) is 11.9 Å². The molecule has 0 aliphatic rings. The van der Waals surface area contributed by atoms with Crippen LogP contribution in [0.2, 0.25) is 0 Å². The lowest BCUT2D eigenvalue weighted by molar-refractivity contribution is 0.894. The van der Waals surface area contributed by atoms with Crippen LogP contribution in [-0.2, 0) is 0 Å². The van der Waals surface area contributed by atoms with E-state index in [1.54, 1.807) is 11.8 Å². The molecule has 1 heterocycles. The van der Waals surface area contributed by atoms with Gasteiger partial charge in [0.15, 0.2) is 0 Å². The Morgan fingerprint density at radius 2 is 2.27 bits per heavy atom. The molecule has 1 aromatic rings. The number of nitrogen functional groups attached to an aromatic ring is 1. The van der Waals surface area contributed by atoms with Gasteiger partial charge in [-0.3, -0.25) is 5.41 Å². The summed E-state index contributed by atoms with van der Waals surface area (Å²) in [5.41, 5.74) is 7.14. The molecule has 15 heavy (non-hydrogen) atoms. The SMILES string of the molecule is CCCCSc1cc(C(=N)N)cc(C)n1. The van der Waals surface area contributed by atoms with Crippen molar-refractivity contribution in [1.29, 1.82) is 5.41 Å². The Morgan fingerprint density at radius 1 is 1.53 bits per heavy atom. The second-order valence-electron chi connectivity index (χ2n) is 3.45. The summed E-state index contributed by atoms with van der Waals surface area (Å²) in [6.07, 6.45) is 2.38. The maximum absolute atomic E-state index is 7.38. The summed E-state index contributed by atoms with van der Waals surface area (Å²) in [5, 5.41) is 8.35. The van der Waals surface area contributed by atoms with E-state index in [1.807, 2.05) is 19.1 Å². The van der Waals surface area contributed by atoms with Crippen molar-refractivity contribution >= 4 is 17.6 Å². The molecule has 0 spiro atoms. The van der Waals surface area contributed by atoms with Crippen molar-refractivity contribution in [3.8, 4) is 0 Å². The molecule has 1 rings (SSSR count). The number of hydrogen-bond donors (Lipinski definition) is 2. The van der Waals surface area contributed by atoms with Crippen LogP contribution in [-0.4, -0.2) is 16.6 Å². The Balaban J connectivity index is 2.75. The van der Waals surface area contributed by atoms with Crippen LogP contribution in [0.1, 0.15) is 31.0 Å². The Kier molecular flexibility index (Phi) is 4.62. The summed E-state index contributed by atoms with van der Waals surface area (Å²) < 4.78 is 0. The van der Waals surface area contributed by atoms with Crippen LogP contribution in [0.25, 0.3) is 0 Å². The van der Waals surface area contributed by atoms with Gasteiger partial charge in [-0.05, 0) is 31.2 Å². The number of thioether (sulfide) groups is 1. The summed E-state index contributed by atoms with van der Waals surface area (Å²) in [6.45, 7) is 4.10. The zero-order chi connectivity index (χ0) is 11.3. The molecule has 0 aromatic carbocycles. The lowest BCUT2D eigenvalue weighted by Gasteiger charge is -2.04. The molecular weight excluding hydrogens is 206 g/mol. The largest absolute Gasteiger partial charge is 0.384 e. The van der Waals surface area contributed by atoms with Gasteiger partial charge in [-0.25, -0.2) is 4.98 Å². The van der Waals surface area contributed by atoms with E-state index in [0.717, 1.165) is 22.0 Å². The van der Waals surface area contributed by atoms with Crippen molar-refractivity contribution < 1.29 is 0 Å². The number of aryl methyl sites for hydroxylation is 1. The Hall–Kier alpha value is -1.03. The van der Waals surface area contributed by atoms with Crippen LogP contribution in [0.5, 0.6) is 0 Å². The lowest BCUT2D eigenvalue weighted by Crippen LogP contribution is -2.11. The second kappa shape index (κ2) is 5.75. The minimum absolute atomic E-state index is 0.109. The van der Waals surface area contributed by atoms with E-state index >= 15 is 0 Å². The minimum atomic E-state index is 0.109. The molecule has 3 nitrogen and oxygen atoms in total. The quantitative estimate of drug-likeness (QED) is 0.349. The van der Waals surface area contributed by atoms with Crippen molar-refractivity contribution in [1.82, 2.24) is 4.98 Å². The van der Waals surface area contributed by atoms with Crippen molar-refractivity contribution in [2.24, 2.45) is 5.73 Å². The molecule has 1 aromatic heterocycles. The normalized spacial score (nSPS) is 10.3. The van der Waals surface area contributed by atoms with Crippen molar-refractivity contribution in [3.63, 3.8) is 0 Å². The number of pyridine rings is 1. The topological polar surface area (TPSA) is 62.8 Å². The molecule has 0 amide bonds. The number of nitrogens with zero attached hydrogens (tertiary/aromatic N) is 1. The average Bonchev–Trinajstić information content (AvgIpc) is 2.17. The molecule has 0 unspecified atom stereocenters. The van der Waals surface area contributed by atoms with E-state index in [9.17, 15) is 0 Å². The zero-order valence-corrected chi connectivity index (χ0v) is 10.0. The van der Waals surface area contributed by atoms with Gasteiger partial charge in [0.2, 0.25) is 0 Å². The highest BCUT2D eigenvalue weighted by molar-refractivity contribution is 7.99. The van der Waals surface area contributed by atoms with Crippen LogP contribution >= 0.6 is 11.8 Å². The molecule has 0 aliphatic carbocycles. The molecule has 4 heteroatoms. The molecule has 82 valence electrons. The summed E-state index contributed by atoms with van der Waals surface area (Å²) in [4.78, 5) is 4.40. The summed E-state index contributed by atoms with van der Waals surface area (Å²) in [5.74, 6) is 1.18. The number of rotatable bonds is 5. The molecular formula is C11H17N3S. The predicted molar refractivity (Wildman–Crippen MR) is 65.6 cm³/mol. The van der Waals surface area contributed by atoms with E-state index in [4.69, 9.17) is 11.1 Å². The Bertz CT molecular complexity index is 350. The summed E-state index contributed by atoms with van der Waals surface area (Å²) in [7, 11) is 0. The number of nitrogens with two attached hydrogens (primary N) is 1. The van der Waals surface area contributed by atoms with Gasteiger partial charge >= 0.3 is 0 Å². The van der Waals surface area contributed by atoms with Gasteiger partial charge in [0, 0.05) is 11.3 Å². The molecule has 0 saturated carbocycles. The standard InChI is InChI=1S/C11H17N3S/c1-3-4-5-15-10-7-9(11(12)13)6-8(2)14-10/h6-7H,3-5H2,1-2H3,(H3,12,13). The van der Waals surface area contributed by atoms with E-state index in [1.165, 1.54) is 12.8 Å². The number of aromatic nitrogens is 1. The third kappa shape index (κ3) is 3.91. The highest BCUT2D eigenvalue weighted by Gasteiger charge is 2.02. The second-order valence-corrected chi connectivity index (χ2v) is 4.57. The van der Waals surface area contributed by atoms with Gasteiger partial charge in [-0.1, -0.05) is 13.3 Å². The fourth-order valence-corrected chi connectivity index (χ4v) is 2.25. The zero-order valence-electron chi connectivity index (χ0n) is 9.21. The maximum atomic E-state index is 7.38. The Labute approximate surface area is 95.0 Å². The first-order valence-electron chi connectivity index (χ1n) is 5.09. The molecule has 0 saturated heterocycles. The number of nitrogens with one attached hydrogen (secondary N) is 1. The average molecular weight is 223 g/mol. The number of hydrogen-bond acceptors (Lipinski definition) is 3. The van der Waals surface area contributed by atoms with Crippen LogP contribution in [0.3, 0.4) is 0 Å². The monoisotopic (exact) mass is 223 g/mol. The minimum Gasteiger partial charge on any atom is -0.384 e. The summed E-state index contributed by atoms with van der Waals surface area (Å²) in [6, 6.07) is 3.72. The molecule has 0 atom stereocenters. The van der Waals surface area contributed by atoms with Crippen LogP contribution < -0.4 is 5.73 Å².